The van der Waals surface area contributed by atoms with E-state index in [0.29, 0.717) is 6.42 Å². The van der Waals surface area contributed by atoms with Crippen LogP contribution in [0.2, 0.25) is 0 Å². The second kappa shape index (κ2) is 7.52. The Hall–Kier alpha value is -2.29. The van der Waals surface area contributed by atoms with Gasteiger partial charge in [0.1, 0.15) is 5.75 Å². The van der Waals surface area contributed by atoms with E-state index in [2.05, 4.69) is 41.7 Å². The minimum Gasteiger partial charge on any atom is -0.497 e. The van der Waals surface area contributed by atoms with Crippen LogP contribution in [0, 0.1) is 0 Å². The third-order valence-corrected chi connectivity index (χ3v) is 4.93. The Labute approximate surface area is 144 Å². The van der Waals surface area contributed by atoms with Gasteiger partial charge in [-0.05, 0) is 48.1 Å². The van der Waals surface area contributed by atoms with Gasteiger partial charge in [-0.1, -0.05) is 43.3 Å². The molecule has 0 unspecified atom stereocenters. The van der Waals surface area contributed by atoms with Gasteiger partial charge in [-0.25, -0.2) is 0 Å². The topological polar surface area (TPSA) is 38.3 Å². The van der Waals surface area contributed by atoms with Gasteiger partial charge in [-0.15, -0.1) is 0 Å². The maximum atomic E-state index is 12.0. The number of rotatable bonds is 5. The number of hydrogen-bond donors (Lipinski definition) is 1. The molecule has 2 atom stereocenters. The molecule has 0 radical (unpaired) electrons. The number of benzene rings is 2. The van der Waals surface area contributed by atoms with E-state index in [1.54, 1.807) is 7.11 Å². The van der Waals surface area contributed by atoms with Crippen molar-refractivity contribution < 1.29 is 9.53 Å². The zero-order valence-corrected chi connectivity index (χ0v) is 14.4. The van der Waals surface area contributed by atoms with Gasteiger partial charge in [0, 0.05) is 18.4 Å². The highest BCUT2D eigenvalue weighted by Gasteiger charge is 2.30. The molecule has 0 saturated heterocycles. The molecule has 0 aliphatic heterocycles. The standard InChI is InChI=1S/C21H25NO2/c1-3-21(23)22-20-12-10-16-9-11-17(24-2)14-18(16)19(20)13-15-7-5-4-6-8-15/h4-9,11,14,19-20H,3,10,12-13H2,1-2H3,(H,22,23)/t19-,20+/m0/s1. The van der Waals surface area contributed by atoms with Crippen LogP contribution in [0.3, 0.4) is 0 Å². The first-order valence-corrected chi connectivity index (χ1v) is 8.71. The van der Waals surface area contributed by atoms with Crippen LogP contribution >= 0.6 is 0 Å². The summed E-state index contributed by atoms with van der Waals surface area (Å²) < 4.78 is 5.43. The first-order valence-electron chi connectivity index (χ1n) is 8.71. The molecule has 24 heavy (non-hydrogen) atoms. The van der Waals surface area contributed by atoms with E-state index in [-0.39, 0.29) is 17.9 Å². The first kappa shape index (κ1) is 16.6. The van der Waals surface area contributed by atoms with Crippen molar-refractivity contribution in [1.82, 2.24) is 5.32 Å². The molecular formula is C21H25NO2. The quantitative estimate of drug-likeness (QED) is 0.907. The van der Waals surface area contributed by atoms with E-state index < -0.39 is 0 Å². The smallest absolute Gasteiger partial charge is 0.219 e. The summed E-state index contributed by atoms with van der Waals surface area (Å²) in [6.45, 7) is 1.90. The van der Waals surface area contributed by atoms with Gasteiger partial charge >= 0.3 is 0 Å². The first-order chi connectivity index (χ1) is 11.7. The van der Waals surface area contributed by atoms with Gasteiger partial charge in [0.25, 0.3) is 0 Å². The average molecular weight is 323 g/mol. The van der Waals surface area contributed by atoms with E-state index in [0.717, 1.165) is 25.0 Å². The summed E-state index contributed by atoms with van der Waals surface area (Å²) >= 11 is 0. The predicted molar refractivity (Wildman–Crippen MR) is 96.4 cm³/mol. The number of carbonyl (C=O) groups is 1. The van der Waals surface area contributed by atoms with Crippen molar-refractivity contribution in [3.63, 3.8) is 0 Å². The SMILES string of the molecule is CCC(=O)N[C@@H]1CCc2ccc(OC)cc2[C@@H]1Cc1ccccc1. The summed E-state index contributed by atoms with van der Waals surface area (Å²) in [5.41, 5.74) is 3.98. The third-order valence-electron chi connectivity index (χ3n) is 4.93. The average Bonchev–Trinajstić information content (AvgIpc) is 2.63. The molecule has 0 saturated carbocycles. The van der Waals surface area contributed by atoms with E-state index in [1.165, 1.54) is 16.7 Å². The van der Waals surface area contributed by atoms with Crippen LogP contribution in [0.25, 0.3) is 0 Å². The Morgan fingerprint density at radius 2 is 2.00 bits per heavy atom. The molecule has 0 bridgehead atoms. The summed E-state index contributed by atoms with van der Waals surface area (Å²) in [7, 11) is 1.70. The Morgan fingerprint density at radius 3 is 2.71 bits per heavy atom. The number of aryl methyl sites for hydroxylation is 1. The molecule has 1 amide bonds. The predicted octanol–water partition coefficient (Wildman–Crippen LogP) is 3.86. The van der Waals surface area contributed by atoms with Gasteiger partial charge in [-0.3, -0.25) is 4.79 Å². The highest BCUT2D eigenvalue weighted by Crippen LogP contribution is 2.36. The molecule has 0 spiro atoms. The molecule has 0 aromatic heterocycles. The Bertz CT molecular complexity index is 696. The fourth-order valence-electron chi connectivity index (χ4n) is 3.60. The molecule has 0 heterocycles. The van der Waals surface area contributed by atoms with Crippen LogP contribution in [0.1, 0.15) is 42.4 Å². The van der Waals surface area contributed by atoms with E-state index in [9.17, 15) is 4.79 Å². The molecule has 3 nitrogen and oxygen atoms in total. The normalized spacial score (nSPS) is 19.4. The lowest BCUT2D eigenvalue weighted by Crippen LogP contribution is -2.42. The second-order valence-corrected chi connectivity index (χ2v) is 6.43. The zero-order valence-electron chi connectivity index (χ0n) is 14.4. The summed E-state index contributed by atoms with van der Waals surface area (Å²) in [5, 5.41) is 3.24. The van der Waals surface area contributed by atoms with Crippen LogP contribution < -0.4 is 10.1 Å². The van der Waals surface area contributed by atoms with Crippen LogP contribution in [-0.4, -0.2) is 19.1 Å². The number of methoxy groups -OCH3 is 1. The van der Waals surface area contributed by atoms with Gasteiger partial charge < -0.3 is 10.1 Å². The molecule has 3 rings (SSSR count). The van der Waals surface area contributed by atoms with E-state index in [1.807, 2.05) is 19.1 Å². The summed E-state index contributed by atoms with van der Waals surface area (Å²) in [4.78, 5) is 12.0. The highest BCUT2D eigenvalue weighted by molar-refractivity contribution is 5.76. The monoisotopic (exact) mass is 323 g/mol. The molecule has 3 heteroatoms. The van der Waals surface area contributed by atoms with Crippen molar-refractivity contribution in [2.45, 2.75) is 44.6 Å². The van der Waals surface area contributed by atoms with Gasteiger partial charge in [-0.2, -0.15) is 0 Å². The number of carbonyl (C=O) groups excluding carboxylic acids is 1. The van der Waals surface area contributed by atoms with Crippen LogP contribution in [0.5, 0.6) is 5.75 Å². The Morgan fingerprint density at radius 1 is 1.21 bits per heavy atom. The van der Waals surface area contributed by atoms with Gasteiger partial charge in [0.15, 0.2) is 0 Å². The molecule has 0 fully saturated rings. The number of amides is 1. The molecule has 1 N–H and O–H groups in total. The maximum Gasteiger partial charge on any atom is 0.219 e. The Kier molecular flexibility index (Phi) is 5.19. The van der Waals surface area contributed by atoms with Crippen molar-refractivity contribution >= 4 is 5.91 Å². The van der Waals surface area contributed by atoms with Crippen molar-refractivity contribution in [2.75, 3.05) is 7.11 Å². The molecule has 1 aliphatic rings. The fraction of sp³-hybridized carbons (Fsp3) is 0.381. The lowest BCUT2D eigenvalue weighted by molar-refractivity contribution is -0.121. The molecular weight excluding hydrogens is 298 g/mol. The second-order valence-electron chi connectivity index (χ2n) is 6.43. The number of hydrogen-bond acceptors (Lipinski definition) is 2. The minimum atomic E-state index is 0.129. The van der Waals surface area contributed by atoms with Crippen molar-refractivity contribution in [2.24, 2.45) is 0 Å². The largest absolute Gasteiger partial charge is 0.497 e. The van der Waals surface area contributed by atoms with Crippen LogP contribution in [-0.2, 0) is 17.6 Å². The number of nitrogens with one attached hydrogen (secondary N) is 1. The highest BCUT2D eigenvalue weighted by atomic mass is 16.5. The summed E-state index contributed by atoms with van der Waals surface area (Å²) in [6, 6.07) is 17.0. The third kappa shape index (κ3) is 3.61. The summed E-state index contributed by atoms with van der Waals surface area (Å²) in [6.07, 6.45) is 3.44. The van der Waals surface area contributed by atoms with Gasteiger partial charge in [0.2, 0.25) is 5.91 Å². The maximum absolute atomic E-state index is 12.0. The van der Waals surface area contributed by atoms with Crippen LogP contribution in [0.4, 0.5) is 0 Å². The van der Waals surface area contributed by atoms with Crippen LogP contribution in [0.15, 0.2) is 48.5 Å². The van der Waals surface area contributed by atoms with Crippen molar-refractivity contribution in [1.29, 1.82) is 0 Å². The van der Waals surface area contributed by atoms with Crippen molar-refractivity contribution in [3.8, 4) is 5.75 Å². The zero-order chi connectivity index (χ0) is 16.9. The fourth-order valence-corrected chi connectivity index (χ4v) is 3.60. The van der Waals surface area contributed by atoms with E-state index >= 15 is 0 Å². The Balaban J connectivity index is 1.94. The van der Waals surface area contributed by atoms with E-state index in [4.69, 9.17) is 4.74 Å². The lowest BCUT2D eigenvalue weighted by Gasteiger charge is -2.34. The molecule has 2 aromatic carbocycles. The molecule has 1 aliphatic carbocycles. The summed E-state index contributed by atoms with van der Waals surface area (Å²) in [5.74, 6) is 1.29. The van der Waals surface area contributed by atoms with Gasteiger partial charge in [0.05, 0.1) is 7.11 Å². The number of ether oxygens (including phenoxy) is 1. The molecule has 126 valence electrons. The van der Waals surface area contributed by atoms with Crippen molar-refractivity contribution in [3.05, 3.63) is 65.2 Å². The number of fused-ring (bicyclic) bond motifs is 1. The minimum absolute atomic E-state index is 0.129. The lowest BCUT2D eigenvalue weighted by atomic mass is 9.76. The molecule has 2 aromatic rings.